The number of ether oxygens (including phenoxy) is 1. The number of rotatable bonds is 3. The Morgan fingerprint density at radius 1 is 1.00 bits per heavy atom. The molecule has 0 saturated heterocycles. The van der Waals surface area contributed by atoms with Gasteiger partial charge in [0.25, 0.3) is 0 Å². The molecular formula is C32H29F6N3O+2. The zero-order valence-corrected chi connectivity index (χ0v) is 23.0. The van der Waals surface area contributed by atoms with Crippen molar-refractivity contribution >= 4 is 17.2 Å². The minimum absolute atomic E-state index is 0.118. The second-order valence-electron chi connectivity index (χ2n) is 10.4. The molecule has 0 radical (unpaired) electrons. The summed E-state index contributed by atoms with van der Waals surface area (Å²) in [5, 5.41) is 7.82. The van der Waals surface area contributed by atoms with Gasteiger partial charge in [-0.1, -0.05) is 37.3 Å². The summed E-state index contributed by atoms with van der Waals surface area (Å²) in [6.07, 6.45) is -6.93. The molecule has 2 aromatic heterocycles. The van der Waals surface area contributed by atoms with Crippen LogP contribution in [0.1, 0.15) is 67.5 Å². The van der Waals surface area contributed by atoms with Crippen LogP contribution < -0.4 is 9.13 Å². The third-order valence-electron chi connectivity index (χ3n) is 7.91. The van der Waals surface area contributed by atoms with Crippen LogP contribution in [0.5, 0.6) is 0 Å². The molecule has 1 aromatic carbocycles. The Bertz CT molecular complexity index is 1650. The van der Waals surface area contributed by atoms with Crippen molar-refractivity contribution in [2.24, 2.45) is 0 Å². The molecule has 0 saturated carbocycles. The smallest absolute Gasteiger partial charge is 0.422 e. The van der Waals surface area contributed by atoms with Crippen molar-refractivity contribution in [1.29, 1.82) is 5.41 Å². The summed E-state index contributed by atoms with van der Waals surface area (Å²) < 4.78 is 94.1. The van der Waals surface area contributed by atoms with Gasteiger partial charge < -0.3 is 4.74 Å². The van der Waals surface area contributed by atoms with Gasteiger partial charge in [0, 0.05) is 31.5 Å². The Hall–Kier alpha value is -4.21. The van der Waals surface area contributed by atoms with Crippen LogP contribution in [-0.2, 0) is 17.1 Å². The van der Waals surface area contributed by atoms with Crippen LogP contribution in [0.15, 0.2) is 85.4 Å². The quantitative estimate of drug-likeness (QED) is 0.109. The van der Waals surface area contributed by atoms with Crippen molar-refractivity contribution in [2.75, 3.05) is 0 Å². The predicted octanol–water partition coefficient (Wildman–Crippen LogP) is 8.26. The number of hydrogen-bond acceptors (Lipinski definition) is 2. The van der Waals surface area contributed by atoms with Gasteiger partial charge in [-0.15, -0.1) is 0 Å². The van der Waals surface area contributed by atoms with Crippen molar-refractivity contribution in [1.82, 2.24) is 0 Å². The van der Waals surface area contributed by atoms with E-state index < -0.39 is 29.4 Å². The minimum Gasteiger partial charge on any atom is -0.444 e. The highest BCUT2D eigenvalue weighted by atomic mass is 19.4. The van der Waals surface area contributed by atoms with Crippen molar-refractivity contribution in [2.45, 2.75) is 57.4 Å². The summed E-state index contributed by atoms with van der Waals surface area (Å²) in [4.78, 5) is 0. The first kappa shape index (κ1) is 29.3. The van der Waals surface area contributed by atoms with E-state index in [0.29, 0.717) is 37.1 Å². The van der Waals surface area contributed by atoms with Crippen molar-refractivity contribution in [3.05, 3.63) is 108 Å². The number of pyridine rings is 2. The van der Waals surface area contributed by atoms with Crippen LogP contribution in [0, 0.1) is 5.41 Å². The molecule has 4 heterocycles. The number of benzene rings is 1. The largest absolute Gasteiger partial charge is 0.444 e. The van der Waals surface area contributed by atoms with Crippen LogP contribution in [0.2, 0.25) is 0 Å². The lowest BCUT2D eigenvalue weighted by atomic mass is 9.79. The molecule has 10 heteroatoms. The maximum Gasteiger partial charge on any atom is 0.422 e. The highest BCUT2D eigenvalue weighted by Gasteiger charge is 2.50. The van der Waals surface area contributed by atoms with E-state index >= 15 is 0 Å². The van der Waals surface area contributed by atoms with Gasteiger partial charge in [-0.2, -0.15) is 35.5 Å². The van der Waals surface area contributed by atoms with Crippen LogP contribution >= 0.6 is 0 Å². The molecule has 2 atom stereocenters. The van der Waals surface area contributed by atoms with E-state index in [2.05, 4.69) is 17.7 Å². The van der Waals surface area contributed by atoms with Gasteiger partial charge >= 0.3 is 12.4 Å². The number of halogens is 6. The molecule has 2 unspecified atom stereocenters. The molecule has 42 heavy (non-hydrogen) atoms. The standard InChI is InChI=1S/C32H29F6N3O/c1-5-21-13-14-27-29(23-11-7-6-10-22(23)26-12-8-9-15-40(26)27)18(2)41-17-25(32(36,37)38)24(31(33,34)35)16-28(41)30(21)19(3)42-20(4)39/h6-12,15-17,27,29,39H,2-3,5,13-14H2,1,4H3/q+2/b30-21-,39-20?. The van der Waals surface area contributed by atoms with Gasteiger partial charge in [-0.05, 0) is 37.1 Å². The van der Waals surface area contributed by atoms with Crippen LogP contribution in [-0.4, -0.2) is 5.90 Å². The monoisotopic (exact) mass is 585 g/mol. The maximum absolute atomic E-state index is 14.2. The first-order chi connectivity index (χ1) is 19.7. The predicted molar refractivity (Wildman–Crippen MR) is 146 cm³/mol. The molecule has 0 amide bonds. The first-order valence-electron chi connectivity index (χ1n) is 13.4. The lowest BCUT2D eigenvalue weighted by Crippen LogP contribution is -2.51. The average Bonchev–Trinajstić information content (AvgIpc) is 2.97. The first-order valence-corrected chi connectivity index (χ1v) is 13.4. The third-order valence-corrected chi connectivity index (χ3v) is 7.91. The zero-order valence-electron chi connectivity index (χ0n) is 23.0. The maximum atomic E-state index is 14.2. The molecular weight excluding hydrogens is 556 g/mol. The molecule has 5 rings (SSSR count). The lowest BCUT2D eigenvalue weighted by molar-refractivity contribution is -0.720. The SMILES string of the molecule is C=C(OC(C)=N)/C1=C(\CC)CCC2C(C(=C)[n+]3cc(C(F)(F)F)c(C(F)(F)F)cc31)c1ccccc1-c1cccc[n+]12. The summed E-state index contributed by atoms with van der Waals surface area (Å²) in [6.45, 7) is 11.3. The van der Waals surface area contributed by atoms with Gasteiger partial charge in [0.05, 0.1) is 16.7 Å². The molecule has 2 aliphatic rings. The Balaban J connectivity index is 1.89. The number of hydrogen-bond donors (Lipinski definition) is 1. The van der Waals surface area contributed by atoms with Gasteiger partial charge in [-0.3, -0.25) is 5.41 Å². The lowest BCUT2D eigenvalue weighted by Gasteiger charge is -2.29. The molecule has 3 aromatic rings. The highest BCUT2D eigenvalue weighted by Crippen LogP contribution is 2.47. The molecule has 0 spiro atoms. The summed E-state index contributed by atoms with van der Waals surface area (Å²) in [5.74, 6) is -0.950. The number of nitrogens with zero attached hydrogens (tertiary/aromatic N) is 2. The van der Waals surface area contributed by atoms with E-state index in [9.17, 15) is 26.3 Å². The van der Waals surface area contributed by atoms with E-state index in [4.69, 9.17) is 10.1 Å². The molecule has 1 N–H and O–H groups in total. The van der Waals surface area contributed by atoms with Gasteiger partial charge in [0.1, 0.15) is 17.2 Å². The summed E-state index contributed by atoms with van der Waals surface area (Å²) in [6, 6.07) is 13.4. The fourth-order valence-corrected chi connectivity index (χ4v) is 6.20. The van der Waals surface area contributed by atoms with Crippen molar-refractivity contribution in [3.8, 4) is 11.3 Å². The normalized spacial score (nSPS) is 20.2. The van der Waals surface area contributed by atoms with E-state index in [1.54, 1.807) is 0 Å². The van der Waals surface area contributed by atoms with Crippen molar-refractivity contribution < 1.29 is 40.2 Å². The second-order valence-corrected chi connectivity index (χ2v) is 10.4. The van der Waals surface area contributed by atoms with Crippen LogP contribution in [0.3, 0.4) is 0 Å². The summed E-state index contributed by atoms with van der Waals surface area (Å²) in [7, 11) is 0. The second kappa shape index (κ2) is 10.6. The zero-order chi connectivity index (χ0) is 30.6. The molecule has 2 aliphatic heterocycles. The van der Waals surface area contributed by atoms with E-state index in [1.807, 2.05) is 55.6 Å². The average molecular weight is 586 g/mol. The number of fused-ring (bicyclic) bond motifs is 7. The van der Waals surface area contributed by atoms with E-state index in [1.165, 1.54) is 6.92 Å². The van der Waals surface area contributed by atoms with Gasteiger partial charge in [-0.25, -0.2) is 0 Å². The van der Waals surface area contributed by atoms with E-state index in [-0.39, 0.29) is 34.7 Å². The fraction of sp³-hybridized carbons (Fsp3) is 0.281. The number of aromatic nitrogens is 2. The minimum atomic E-state index is -5.30. The summed E-state index contributed by atoms with van der Waals surface area (Å²) in [5.41, 5.74) is -0.255. The van der Waals surface area contributed by atoms with E-state index in [0.717, 1.165) is 21.4 Å². The molecule has 218 valence electrons. The van der Waals surface area contributed by atoms with Gasteiger partial charge in [0.2, 0.25) is 11.4 Å². The Labute approximate surface area is 239 Å². The fourth-order valence-electron chi connectivity index (χ4n) is 6.20. The topological polar surface area (TPSA) is 40.8 Å². The Kier molecular flexibility index (Phi) is 7.37. The Morgan fingerprint density at radius 3 is 2.31 bits per heavy atom. The Morgan fingerprint density at radius 2 is 1.67 bits per heavy atom. The molecule has 0 aliphatic carbocycles. The van der Waals surface area contributed by atoms with Crippen LogP contribution in [0.4, 0.5) is 26.3 Å². The molecule has 0 bridgehead atoms. The molecule has 0 fully saturated rings. The number of nitrogens with one attached hydrogen (secondary N) is 1. The van der Waals surface area contributed by atoms with Gasteiger partial charge in [0.15, 0.2) is 30.0 Å². The third kappa shape index (κ3) is 5.03. The highest BCUT2D eigenvalue weighted by molar-refractivity contribution is 5.82. The number of allylic oxidation sites excluding steroid dienone is 3. The van der Waals surface area contributed by atoms with Crippen molar-refractivity contribution in [3.63, 3.8) is 0 Å². The van der Waals surface area contributed by atoms with Crippen LogP contribution in [0.25, 0.3) is 22.5 Å². The number of alkyl halides is 6. The molecule has 4 nitrogen and oxygen atoms in total. The summed E-state index contributed by atoms with van der Waals surface area (Å²) >= 11 is 0.